The third-order valence-corrected chi connectivity index (χ3v) is 5.19. The van der Waals surface area contributed by atoms with Crippen LogP contribution in [0.3, 0.4) is 0 Å². The van der Waals surface area contributed by atoms with E-state index in [-0.39, 0.29) is 6.04 Å². The van der Waals surface area contributed by atoms with Gasteiger partial charge in [0.1, 0.15) is 16.4 Å². The summed E-state index contributed by atoms with van der Waals surface area (Å²) >= 11 is 6.35. The van der Waals surface area contributed by atoms with E-state index in [2.05, 4.69) is 20.3 Å². The molecule has 0 aromatic carbocycles. The molecule has 2 aromatic rings. The number of halogens is 1. The Bertz CT molecular complexity index is 724. The first kappa shape index (κ1) is 17.4. The van der Waals surface area contributed by atoms with Crippen molar-refractivity contribution < 1.29 is 5.11 Å². The highest BCUT2D eigenvalue weighted by Gasteiger charge is 2.38. The first-order valence-corrected chi connectivity index (χ1v) is 8.73. The van der Waals surface area contributed by atoms with E-state index in [0.717, 1.165) is 24.2 Å². The predicted octanol–water partition coefficient (Wildman–Crippen LogP) is 2.04. The average Bonchev–Trinajstić information content (AvgIpc) is 3.10. The quantitative estimate of drug-likeness (QED) is 0.911. The highest BCUT2D eigenvalue weighted by molar-refractivity contribution is 6.30. The number of hydrogen-bond acceptors (Lipinski definition) is 5. The van der Waals surface area contributed by atoms with Crippen molar-refractivity contribution in [3.8, 4) is 0 Å². The van der Waals surface area contributed by atoms with Crippen LogP contribution in [-0.4, -0.2) is 47.9 Å². The molecule has 0 aliphatic carbocycles. The van der Waals surface area contributed by atoms with E-state index in [4.69, 9.17) is 11.6 Å². The van der Waals surface area contributed by atoms with Gasteiger partial charge in [0, 0.05) is 31.7 Å². The molecule has 0 bridgehead atoms. The molecule has 0 saturated carbocycles. The van der Waals surface area contributed by atoms with Crippen LogP contribution in [0.25, 0.3) is 0 Å². The van der Waals surface area contributed by atoms with Crippen LogP contribution < -0.4 is 0 Å². The molecule has 0 unspecified atom stereocenters. The molecule has 3 heterocycles. The van der Waals surface area contributed by atoms with E-state index >= 15 is 0 Å². The summed E-state index contributed by atoms with van der Waals surface area (Å²) in [5, 5.41) is 24.5. The summed E-state index contributed by atoms with van der Waals surface area (Å²) < 4.78 is 3.48. The number of β-amino-alcohol motifs (C(OH)–C–C–N with tert-alkyl or cyclic N) is 1. The number of hydrogen-bond donors (Lipinski definition) is 1. The standard InChI is InChI=1S/C16H25ClN6O/c1-11(2)23-9-14(18-20-23)16(24)6-5-7-22(10-16)8-13-12(3)19-21(4)15(13)17/h9,11,24H,5-8,10H2,1-4H3/t16-/m1/s1. The summed E-state index contributed by atoms with van der Waals surface area (Å²) in [7, 11) is 1.84. The Morgan fingerprint density at radius 2 is 2.17 bits per heavy atom. The smallest absolute Gasteiger partial charge is 0.131 e. The van der Waals surface area contributed by atoms with E-state index in [0.29, 0.717) is 30.4 Å². The topological polar surface area (TPSA) is 72.0 Å². The molecule has 0 amide bonds. The molecule has 1 N–H and O–H groups in total. The van der Waals surface area contributed by atoms with Gasteiger partial charge < -0.3 is 5.11 Å². The molecule has 24 heavy (non-hydrogen) atoms. The lowest BCUT2D eigenvalue weighted by molar-refractivity contribution is -0.0415. The van der Waals surface area contributed by atoms with E-state index in [9.17, 15) is 5.11 Å². The summed E-state index contributed by atoms with van der Waals surface area (Å²) in [5.74, 6) is 0. The second-order valence-corrected chi connectivity index (χ2v) is 7.36. The summed E-state index contributed by atoms with van der Waals surface area (Å²) in [6.07, 6.45) is 3.46. The molecular formula is C16H25ClN6O. The largest absolute Gasteiger partial charge is 0.382 e. The Hall–Kier alpha value is -1.44. The molecule has 1 fully saturated rings. The van der Waals surface area contributed by atoms with Crippen LogP contribution in [0.1, 0.15) is 49.7 Å². The second kappa shape index (κ2) is 6.46. The summed E-state index contributed by atoms with van der Waals surface area (Å²) in [6, 6.07) is 0.228. The Balaban J connectivity index is 1.78. The number of piperidine rings is 1. The number of rotatable bonds is 4. The minimum atomic E-state index is -0.964. The molecule has 2 aromatic heterocycles. The lowest BCUT2D eigenvalue weighted by Gasteiger charge is -2.38. The zero-order valence-electron chi connectivity index (χ0n) is 14.7. The van der Waals surface area contributed by atoms with E-state index in [1.165, 1.54) is 0 Å². The molecule has 0 spiro atoms. The molecular weight excluding hydrogens is 328 g/mol. The van der Waals surface area contributed by atoms with Crippen LogP contribution in [0.2, 0.25) is 5.15 Å². The Morgan fingerprint density at radius 3 is 2.75 bits per heavy atom. The van der Waals surface area contributed by atoms with Crippen LogP contribution in [0.4, 0.5) is 0 Å². The Labute approximate surface area is 147 Å². The molecule has 3 rings (SSSR count). The molecule has 0 radical (unpaired) electrons. The maximum Gasteiger partial charge on any atom is 0.131 e. The first-order chi connectivity index (χ1) is 11.3. The van der Waals surface area contributed by atoms with Crippen molar-refractivity contribution in [3.05, 3.63) is 28.3 Å². The zero-order valence-corrected chi connectivity index (χ0v) is 15.5. The van der Waals surface area contributed by atoms with Crippen molar-refractivity contribution in [2.24, 2.45) is 7.05 Å². The lowest BCUT2D eigenvalue weighted by Crippen LogP contribution is -2.46. The first-order valence-electron chi connectivity index (χ1n) is 8.35. The Morgan fingerprint density at radius 1 is 1.42 bits per heavy atom. The summed E-state index contributed by atoms with van der Waals surface area (Å²) in [4.78, 5) is 2.22. The van der Waals surface area contributed by atoms with Gasteiger partial charge in [0.05, 0.1) is 11.9 Å². The highest BCUT2D eigenvalue weighted by Crippen LogP contribution is 2.32. The predicted molar refractivity (Wildman–Crippen MR) is 91.8 cm³/mol. The van der Waals surface area contributed by atoms with Crippen molar-refractivity contribution in [2.75, 3.05) is 13.1 Å². The van der Waals surface area contributed by atoms with Crippen LogP contribution in [0, 0.1) is 6.92 Å². The Kier molecular flexibility index (Phi) is 4.68. The monoisotopic (exact) mass is 352 g/mol. The van der Waals surface area contributed by atoms with Crippen molar-refractivity contribution >= 4 is 11.6 Å². The minimum absolute atomic E-state index is 0.228. The lowest BCUT2D eigenvalue weighted by atomic mass is 9.90. The fourth-order valence-electron chi connectivity index (χ4n) is 3.29. The van der Waals surface area contributed by atoms with Gasteiger partial charge in [-0.1, -0.05) is 16.8 Å². The van der Waals surface area contributed by atoms with Gasteiger partial charge in [-0.05, 0) is 40.2 Å². The van der Waals surface area contributed by atoms with Crippen LogP contribution >= 0.6 is 11.6 Å². The van der Waals surface area contributed by atoms with E-state index in [1.807, 2.05) is 34.0 Å². The minimum Gasteiger partial charge on any atom is -0.382 e. The van der Waals surface area contributed by atoms with Gasteiger partial charge in [0.2, 0.25) is 0 Å². The maximum atomic E-state index is 11.1. The fraction of sp³-hybridized carbons (Fsp3) is 0.688. The molecule has 8 heteroatoms. The normalized spacial score (nSPS) is 22.5. The van der Waals surface area contributed by atoms with Gasteiger partial charge in [-0.2, -0.15) is 5.10 Å². The van der Waals surface area contributed by atoms with E-state index in [1.54, 1.807) is 9.36 Å². The average molecular weight is 353 g/mol. The fourth-order valence-corrected chi connectivity index (χ4v) is 3.52. The van der Waals surface area contributed by atoms with Gasteiger partial charge in [0.15, 0.2) is 0 Å². The number of aromatic nitrogens is 5. The van der Waals surface area contributed by atoms with Crippen molar-refractivity contribution in [1.82, 2.24) is 29.7 Å². The third-order valence-electron chi connectivity index (χ3n) is 4.72. The summed E-state index contributed by atoms with van der Waals surface area (Å²) in [6.45, 7) is 8.18. The van der Waals surface area contributed by atoms with Crippen LogP contribution in [0.5, 0.6) is 0 Å². The van der Waals surface area contributed by atoms with Gasteiger partial charge >= 0.3 is 0 Å². The number of likely N-dealkylation sites (tertiary alicyclic amines) is 1. The number of aliphatic hydroxyl groups is 1. The molecule has 1 aliphatic rings. The summed E-state index contributed by atoms with van der Waals surface area (Å²) in [5.41, 5.74) is 1.64. The van der Waals surface area contributed by atoms with Crippen molar-refractivity contribution in [2.45, 2.75) is 51.8 Å². The molecule has 1 aliphatic heterocycles. The number of aryl methyl sites for hydroxylation is 2. The zero-order chi connectivity index (χ0) is 17.5. The van der Waals surface area contributed by atoms with Gasteiger partial charge in [-0.25, -0.2) is 4.68 Å². The SMILES string of the molecule is Cc1nn(C)c(Cl)c1CN1CCC[C@](O)(c2cn(C(C)C)nn2)C1. The number of nitrogens with zero attached hydrogens (tertiary/aromatic N) is 6. The molecule has 1 saturated heterocycles. The molecule has 7 nitrogen and oxygen atoms in total. The van der Waals surface area contributed by atoms with Gasteiger partial charge in [-0.15, -0.1) is 5.10 Å². The molecule has 132 valence electrons. The third kappa shape index (κ3) is 3.20. The molecule has 1 atom stereocenters. The van der Waals surface area contributed by atoms with E-state index < -0.39 is 5.60 Å². The van der Waals surface area contributed by atoms with Gasteiger partial charge in [0.25, 0.3) is 0 Å². The maximum absolute atomic E-state index is 11.1. The van der Waals surface area contributed by atoms with Crippen molar-refractivity contribution in [3.63, 3.8) is 0 Å². The van der Waals surface area contributed by atoms with Crippen LogP contribution in [-0.2, 0) is 19.2 Å². The van der Waals surface area contributed by atoms with Crippen LogP contribution in [0.15, 0.2) is 6.20 Å². The highest BCUT2D eigenvalue weighted by atomic mass is 35.5. The second-order valence-electron chi connectivity index (χ2n) is 7.00. The van der Waals surface area contributed by atoms with Gasteiger partial charge in [-0.3, -0.25) is 9.58 Å². The van der Waals surface area contributed by atoms with Crippen molar-refractivity contribution in [1.29, 1.82) is 0 Å².